The summed E-state index contributed by atoms with van der Waals surface area (Å²) < 4.78 is 77.6. The molecule has 0 bridgehead atoms. The van der Waals surface area contributed by atoms with Gasteiger partial charge in [0.25, 0.3) is 0 Å². The van der Waals surface area contributed by atoms with Gasteiger partial charge in [0.05, 0.1) is 0 Å². The molecule has 0 heterocycles. The van der Waals surface area contributed by atoms with Crippen molar-refractivity contribution < 1.29 is 51.2 Å². The summed E-state index contributed by atoms with van der Waals surface area (Å²) in [5, 5.41) is 0. The first-order valence-electron chi connectivity index (χ1n) is 20.3. The van der Waals surface area contributed by atoms with Gasteiger partial charge in [-0.1, -0.05) is 11.4 Å². The maximum absolute atomic E-state index is 7.42. The van der Waals surface area contributed by atoms with Crippen molar-refractivity contribution >= 4 is 93.2 Å². The minimum absolute atomic E-state index is 0.736. The van der Waals surface area contributed by atoms with Crippen molar-refractivity contribution in [1.29, 1.82) is 0 Å². The molecule has 0 N–H and O–H groups in total. The molecule has 0 amide bonds. The monoisotopic (exact) mass is 996 g/mol. The van der Waals surface area contributed by atoms with Gasteiger partial charge < -0.3 is 51.2 Å². The minimum Gasteiger partial charge on any atom is -0.456 e. The Morgan fingerprint density at radius 2 is 0.491 bits per heavy atom. The third-order valence-electron chi connectivity index (χ3n) is 10.3. The molecule has 0 radical (unpaired) electrons. The first kappa shape index (κ1) is 58.4. The highest BCUT2D eigenvalue weighted by atomic mass is 28.5. The van der Waals surface area contributed by atoms with Crippen LogP contribution in [0.25, 0.3) is 0 Å². The third kappa shape index (κ3) is 22.0. The van der Waals surface area contributed by atoms with Crippen LogP contribution in [0.2, 0.25) is 153 Å². The summed E-state index contributed by atoms with van der Waals surface area (Å²) in [5.41, 5.74) is 3.90. The molecule has 0 aromatic heterocycles. The van der Waals surface area contributed by atoms with E-state index in [1.165, 1.54) is 0 Å². The molecule has 0 fully saturated rings. The van der Waals surface area contributed by atoms with E-state index < -0.39 is 93.2 Å². The molecular formula is C34H88O12Si11. The van der Waals surface area contributed by atoms with Crippen LogP contribution in [0.1, 0.15) is 0 Å². The largest absolute Gasteiger partial charge is 0.637 e. The quantitative estimate of drug-likeness (QED) is 0.0599. The maximum atomic E-state index is 7.42. The van der Waals surface area contributed by atoms with Gasteiger partial charge in [0.15, 0.2) is 49.9 Å². The van der Waals surface area contributed by atoms with E-state index in [0.29, 0.717) is 0 Å². The Hall–Kier alpha value is 1.39. The van der Waals surface area contributed by atoms with Gasteiger partial charge in [-0.15, -0.1) is 13.2 Å². The van der Waals surface area contributed by atoms with Crippen LogP contribution in [0, 0.1) is 0 Å². The van der Waals surface area contributed by atoms with E-state index in [1.807, 2.05) is 11.4 Å². The molecule has 0 rings (SSSR count). The zero-order valence-corrected chi connectivity index (χ0v) is 51.6. The van der Waals surface area contributed by atoms with Crippen molar-refractivity contribution in [1.82, 2.24) is 0 Å². The lowest BCUT2D eigenvalue weighted by Crippen LogP contribution is -2.66. The Morgan fingerprint density at radius 1 is 0.298 bits per heavy atom. The molecule has 57 heavy (non-hydrogen) atoms. The van der Waals surface area contributed by atoms with Gasteiger partial charge in [0.2, 0.25) is 16.6 Å². The Balaban J connectivity index is 6.47. The van der Waals surface area contributed by atoms with Crippen molar-refractivity contribution in [3.63, 3.8) is 0 Å². The zero-order valence-electron chi connectivity index (χ0n) is 40.6. The van der Waals surface area contributed by atoms with Crippen LogP contribution in [-0.2, 0) is 51.2 Å². The van der Waals surface area contributed by atoms with Crippen molar-refractivity contribution in [2.75, 3.05) is 42.7 Å². The Kier molecular flexibility index (Phi) is 23.4. The molecule has 23 heteroatoms. The van der Waals surface area contributed by atoms with Gasteiger partial charge >= 0.3 is 26.7 Å². The molecule has 0 saturated heterocycles. The highest BCUT2D eigenvalue weighted by molar-refractivity contribution is 6.95. The summed E-state index contributed by atoms with van der Waals surface area (Å²) in [4.78, 5) is 0. The summed E-state index contributed by atoms with van der Waals surface area (Å²) in [7, 11) is -17.3. The second kappa shape index (κ2) is 22.8. The maximum Gasteiger partial charge on any atom is 0.637 e. The van der Waals surface area contributed by atoms with E-state index in [2.05, 4.69) is 118 Å². The van der Waals surface area contributed by atoms with E-state index in [4.69, 9.17) is 51.2 Å². The summed E-state index contributed by atoms with van der Waals surface area (Å²) in [6.45, 7) is 44.5. The average molecular weight is 998 g/mol. The van der Waals surface area contributed by atoms with Gasteiger partial charge in [-0.25, -0.2) is 0 Å². The lowest BCUT2D eigenvalue weighted by atomic mass is 10.9. The van der Waals surface area contributed by atoms with Gasteiger partial charge in [0.1, 0.15) is 0 Å². The molecule has 0 unspecified atom stereocenters. The molecular weight excluding hydrogens is 909 g/mol. The van der Waals surface area contributed by atoms with Crippen LogP contribution >= 0.6 is 0 Å². The predicted octanol–water partition coefficient (Wildman–Crippen LogP) is 10.4. The Bertz CT molecular complexity index is 1120. The summed E-state index contributed by atoms with van der Waals surface area (Å²) in [6, 6.07) is 6.99. The molecule has 0 aliphatic heterocycles. The van der Waals surface area contributed by atoms with Crippen molar-refractivity contribution in [3.8, 4) is 0 Å². The Labute approximate surface area is 362 Å². The van der Waals surface area contributed by atoms with Gasteiger partial charge in [-0.05, 0) is 141 Å². The molecule has 0 aliphatic carbocycles. The number of rotatable bonds is 32. The summed E-state index contributed by atoms with van der Waals surface area (Å²) in [6.07, 6.45) is 0. The number of hydrogen-bond acceptors (Lipinski definition) is 12. The molecule has 12 nitrogen and oxygen atoms in total. The smallest absolute Gasteiger partial charge is 0.456 e. The summed E-state index contributed by atoms with van der Waals surface area (Å²) >= 11 is 0. The SMILES string of the molecule is C=C[Si](C)(C)O[Si](O[Si](C)(C)C=C)(O[Si](C)(C)CC[Si](C)(C)O[Si](C)(C)CC[Si](OC)(OC)OC)O[Si](C)(C)CC[Si](C)(C)O[Si](C)(C)CC[Si](OC)(OC)OC. The molecule has 0 aromatic rings. The second-order valence-corrected chi connectivity index (χ2v) is 63.3. The molecule has 0 aromatic carbocycles. The van der Waals surface area contributed by atoms with Crippen LogP contribution in [0.5, 0.6) is 0 Å². The highest BCUT2D eigenvalue weighted by Gasteiger charge is 2.58. The lowest BCUT2D eigenvalue weighted by Gasteiger charge is -2.46. The van der Waals surface area contributed by atoms with Crippen molar-refractivity contribution in [2.45, 2.75) is 153 Å². The first-order valence-corrected chi connectivity index (χ1v) is 50.5. The fourth-order valence-electron chi connectivity index (χ4n) is 6.56. The lowest BCUT2D eigenvalue weighted by molar-refractivity contribution is 0.124. The van der Waals surface area contributed by atoms with Gasteiger partial charge in [0, 0.05) is 54.7 Å². The van der Waals surface area contributed by atoms with Crippen molar-refractivity contribution in [3.05, 3.63) is 24.6 Å². The first-order chi connectivity index (χ1) is 25.6. The molecule has 0 spiro atoms. The van der Waals surface area contributed by atoms with Crippen LogP contribution in [-0.4, -0.2) is 136 Å². The van der Waals surface area contributed by atoms with E-state index >= 15 is 0 Å². The third-order valence-corrected chi connectivity index (χ3v) is 49.9. The van der Waals surface area contributed by atoms with Gasteiger partial charge in [-0.2, -0.15) is 0 Å². The van der Waals surface area contributed by atoms with E-state index in [0.717, 1.165) is 48.4 Å². The van der Waals surface area contributed by atoms with E-state index in [9.17, 15) is 0 Å². The number of hydrogen-bond donors (Lipinski definition) is 0. The Morgan fingerprint density at radius 3 is 0.684 bits per heavy atom. The predicted molar refractivity (Wildman–Crippen MR) is 265 cm³/mol. The van der Waals surface area contributed by atoms with Crippen molar-refractivity contribution in [2.24, 2.45) is 0 Å². The highest BCUT2D eigenvalue weighted by Crippen LogP contribution is 2.37. The fourth-order valence-corrected chi connectivity index (χ4v) is 54.6. The molecule has 0 saturated carbocycles. The standard InChI is InChI=1S/C34H88O12Si11/c1-25-47(9,10)43-57(44-48(11,12)26-2,45-53(21,22)29-27-49(13,14)41-51(17,18)31-33-55(35-3,36-4)37-5)46-54(23,24)30-28-50(15,16)42-52(19,20)32-34-56(38-6,39-7)40-8/h25-26H,1-2,27-34H2,3-24H3. The van der Waals surface area contributed by atoms with Gasteiger partial charge in [-0.3, -0.25) is 0 Å². The topological polar surface area (TPSA) is 111 Å². The van der Waals surface area contributed by atoms with Crippen LogP contribution < -0.4 is 0 Å². The normalized spacial score (nSPS) is 15.0. The average Bonchev–Trinajstić information content (AvgIpc) is 3.06. The van der Waals surface area contributed by atoms with E-state index in [-0.39, 0.29) is 0 Å². The van der Waals surface area contributed by atoms with Crippen LogP contribution in [0.3, 0.4) is 0 Å². The van der Waals surface area contributed by atoms with Crippen LogP contribution in [0.4, 0.5) is 0 Å². The molecule has 0 aliphatic rings. The zero-order chi connectivity index (χ0) is 45.1. The van der Waals surface area contributed by atoms with E-state index in [1.54, 1.807) is 42.7 Å². The molecule has 340 valence electrons. The second-order valence-electron chi connectivity index (χ2n) is 19.9. The molecule has 0 atom stereocenters. The van der Waals surface area contributed by atoms with Crippen LogP contribution in [0.15, 0.2) is 24.6 Å². The fraction of sp³-hybridized carbons (Fsp3) is 0.882. The summed E-state index contributed by atoms with van der Waals surface area (Å²) in [5.74, 6) is 0. The minimum atomic E-state index is -3.76.